The van der Waals surface area contributed by atoms with Crippen molar-refractivity contribution in [1.29, 1.82) is 0 Å². The highest BCUT2D eigenvalue weighted by Crippen LogP contribution is 2.38. The summed E-state index contributed by atoms with van der Waals surface area (Å²) in [6.07, 6.45) is 1.64. The number of benzene rings is 2. The molecule has 0 unspecified atom stereocenters. The standard InChI is InChI=1S/C17H14Cl2N2O3S/c18-12-7-13(19)9-14(8-12)20-25(23,24)15-5-10-1-2-16(22)21-4-3-11(6-15)17(10)21/h5-9,20H,1-4H2. The van der Waals surface area contributed by atoms with Crippen LogP contribution in [-0.2, 0) is 27.7 Å². The second-order valence-corrected chi connectivity index (χ2v) is 8.70. The zero-order chi connectivity index (χ0) is 17.8. The minimum absolute atomic E-state index is 0.105. The highest BCUT2D eigenvalue weighted by Gasteiger charge is 2.32. The summed E-state index contributed by atoms with van der Waals surface area (Å²) in [6, 6.07) is 7.83. The minimum Gasteiger partial charge on any atom is -0.312 e. The van der Waals surface area contributed by atoms with E-state index in [1.54, 1.807) is 17.0 Å². The van der Waals surface area contributed by atoms with Gasteiger partial charge in [-0.05, 0) is 54.3 Å². The van der Waals surface area contributed by atoms with Crippen LogP contribution in [0.2, 0.25) is 10.0 Å². The Labute approximate surface area is 155 Å². The van der Waals surface area contributed by atoms with Crippen molar-refractivity contribution in [2.75, 3.05) is 16.2 Å². The number of carbonyl (C=O) groups is 1. The molecule has 0 saturated carbocycles. The molecular weight excluding hydrogens is 383 g/mol. The first kappa shape index (κ1) is 16.7. The lowest BCUT2D eigenvalue weighted by molar-refractivity contribution is -0.118. The van der Waals surface area contributed by atoms with Crippen molar-refractivity contribution in [3.05, 3.63) is 51.5 Å². The first-order chi connectivity index (χ1) is 11.8. The van der Waals surface area contributed by atoms with Crippen molar-refractivity contribution in [2.45, 2.75) is 24.2 Å². The summed E-state index contributed by atoms with van der Waals surface area (Å²) in [5, 5.41) is 0.701. The monoisotopic (exact) mass is 396 g/mol. The van der Waals surface area contributed by atoms with Gasteiger partial charge >= 0.3 is 0 Å². The molecule has 4 rings (SSSR count). The number of hydrogen-bond acceptors (Lipinski definition) is 3. The van der Waals surface area contributed by atoms with Gasteiger partial charge in [0.25, 0.3) is 10.0 Å². The van der Waals surface area contributed by atoms with Crippen LogP contribution in [0.3, 0.4) is 0 Å². The number of hydrogen-bond donors (Lipinski definition) is 1. The van der Waals surface area contributed by atoms with Gasteiger partial charge in [0, 0.05) is 23.0 Å². The van der Waals surface area contributed by atoms with E-state index in [9.17, 15) is 13.2 Å². The smallest absolute Gasteiger partial charge is 0.261 e. The van der Waals surface area contributed by atoms with Crippen molar-refractivity contribution in [1.82, 2.24) is 0 Å². The van der Waals surface area contributed by atoms with Crippen LogP contribution in [0, 0.1) is 0 Å². The van der Waals surface area contributed by atoms with Gasteiger partial charge in [-0.15, -0.1) is 0 Å². The van der Waals surface area contributed by atoms with Crippen molar-refractivity contribution in [2.24, 2.45) is 0 Å². The van der Waals surface area contributed by atoms with Crippen LogP contribution in [0.1, 0.15) is 17.5 Å². The maximum atomic E-state index is 12.8. The number of rotatable bonds is 3. The third kappa shape index (κ3) is 2.99. The molecule has 0 aromatic heterocycles. The first-order valence-electron chi connectivity index (χ1n) is 7.78. The molecule has 130 valence electrons. The maximum Gasteiger partial charge on any atom is 0.261 e. The van der Waals surface area contributed by atoms with E-state index in [0.717, 1.165) is 16.8 Å². The van der Waals surface area contributed by atoms with E-state index in [4.69, 9.17) is 23.2 Å². The first-order valence-corrected chi connectivity index (χ1v) is 10.0. The molecule has 2 aliphatic rings. The Morgan fingerprint density at radius 2 is 1.56 bits per heavy atom. The van der Waals surface area contributed by atoms with Gasteiger partial charge in [-0.3, -0.25) is 9.52 Å². The SMILES string of the molecule is O=C1CCc2cc(S(=O)(=O)Nc3cc(Cl)cc(Cl)c3)cc3c2N1CC3. The molecule has 2 aliphatic heterocycles. The number of aryl methyl sites for hydroxylation is 1. The predicted octanol–water partition coefficient (Wildman–Crippen LogP) is 3.63. The lowest BCUT2D eigenvalue weighted by atomic mass is 10.00. The molecule has 0 fully saturated rings. The fourth-order valence-corrected chi connectivity index (χ4v) is 5.07. The summed E-state index contributed by atoms with van der Waals surface area (Å²) in [5.41, 5.74) is 3.00. The van der Waals surface area contributed by atoms with E-state index in [2.05, 4.69) is 4.72 Å². The highest BCUT2D eigenvalue weighted by molar-refractivity contribution is 7.92. The molecule has 1 amide bonds. The number of halogens is 2. The van der Waals surface area contributed by atoms with E-state index in [0.29, 0.717) is 41.5 Å². The summed E-state index contributed by atoms with van der Waals surface area (Å²) < 4.78 is 28.1. The largest absolute Gasteiger partial charge is 0.312 e. The van der Waals surface area contributed by atoms with Gasteiger partial charge in [-0.1, -0.05) is 23.2 Å². The Bertz CT molecular complexity index is 985. The van der Waals surface area contributed by atoms with Crippen LogP contribution in [0.4, 0.5) is 11.4 Å². The van der Waals surface area contributed by atoms with Crippen molar-refractivity contribution in [3.63, 3.8) is 0 Å². The molecule has 2 aromatic rings. The molecule has 1 N–H and O–H groups in total. The molecule has 0 atom stereocenters. The summed E-state index contributed by atoms with van der Waals surface area (Å²) in [4.78, 5) is 13.9. The molecule has 25 heavy (non-hydrogen) atoms. The van der Waals surface area contributed by atoms with Crippen LogP contribution in [-0.4, -0.2) is 20.9 Å². The minimum atomic E-state index is -3.78. The Morgan fingerprint density at radius 3 is 2.24 bits per heavy atom. The fourth-order valence-electron chi connectivity index (χ4n) is 3.41. The lowest BCUT2D eigenvalue weighted by Gasteiger charge is -2.25. The van der Waals surface area contributed by atoms with Gasteiger partial charge in [0.2, 0.25) is 5.91 Å². The van der Waals surface area contributed by atoms with Crippen LogP contribution in [0.15, 0.2) is 35.2 Å². The summed E-state index contributed by atoms with van der Waals surface area (Å²) in [6.45, 7) is 0.613. The summed E-state index contributed by atoms with van der Waals surface area (Å²) in [5.74, 6) is 0.105. The number of amides is 1. The van der Waals surface area contributed by atoms with Gasteiger partial charge in [-0.2, -0.15) is 0 Å². The highest BCUT2D eigenvalue weighted by atomic mass is 35.5. The van der Waals surface area contributed by atoms with Crippen molar-refractivity contribution < 1.29 is 13.2 Å². The van der Waals surface area contributed by atoms with Crippen molar-refractivity contribution in [3.8, 4) is 0 Å². The molecule has 0 radical (unpaired) electrons. The molecule has 5 nitrogen and oxygen atoms in total. The Morgan fingerprint density at radius 1 is 0.920 bits per heavy atom. The molecule has 0 bridgehead atoms. The van der Waals surface area contributed by atoms with Gasteiger partial charge < -0.3 is 4.90 Å². The fraction of sp³-hybridized carbons (Fsp3) is 0.235. The second-order valence-electron chi connectivity index (χ2n) is 6.15. The van der Waals surface area contributed by atoms with Crippen LogP contribution < -0.4 is 9.62 Å². The Kier molecular flexibility index (Phi) is 3.94. The number of anilines is 2. The van der Waals surface area contributed by atoms with E-state index in [-0.39, 0.29) is 10.8 Å². The van der Waals surface area contributed by atoms with Gasteiger partial charge in [0.1, 0.15) is 0 Å². The van der Waals surface area contributed by atoms with Gasteiger partial charge in [-0.25, -0.2) is 8.42 Å². The molecule has 0 spiro atoms. The third-order valence-electron chi connectivity index (χ3n) is 4.45. The molecule has 2 aromatic carbocycles. The van der Waals surface area contributed by atoms with E-state index < -0.39 is 10.0 Å². The Hall–Kier alpha value is -1.76. The zero-order valence-corrected chi connectivity index (χ0v) is 15.4. The third-order valence-corrected chi connectivity index (χ3v) is 6.25. The lowest BCUT2D eigenvalue weighted by Crippen LogP contribution is -2.33. The second kappa shape index (κ2) is 5.90. The normalized spacial score (nSPS) is 16.1. The molecule has 8 heteroatoms. The van der Waals surface area contributed by atoms with Crippen molar-refractivity contribution >= 4 is 50.5 Å². The average molecular weight is 397 g/mol. The number of carbonyl (C=O) groups excluding carboxylic acids is 1. The molecule has 0 saturated heterocycles. The maximum absolute atomic E-state index is 12.8. The van der Waals surface area contributed by atoms with Crippen LogP contribution in [0.5, 0.6) is 0 Å². The van der Waals surface area contributed by atoms with Gasteiger partial charge in [0.15, 0.2) is 0 Å². The number of sulfonamides is 1. The number of nitrogens with zero attached hydrogens (tertiary/aromatic N) is 1. The zero-order valence-electron chi connectivity index (χ0n) is 13.1. The Balaban J connectivity index is 1.73. The molecular formula is C17H14Cl2N2O3S. The average Bonchev–Trinajstić information content (AvgIpc) is 2.95. The van der Waals surface area contributed by atoms with E-state index in [1.165, 1.54) is 18.2 Å². The van der Waals surface area contributed by atoms with E-state index >= 15 is 0 Å². The predicted molar refractivity (Wildman–Crippen MR) is 98.1 cm³/mol. The van der Waals surface area contributed by atoms with Crippen LogP contribution in [0.25, 0.3) is 0 Å². The summed E-state index contributed by atoms with van der Waals surface area (Å²) in [7, 11) is -3.78. The molecule has 0 aliphatic carbocycles. The number of nitrogens with one attached hydrogen (secondary N) is 1. The summed E-state index contributed by atoms with van der Waals surface area (Å²) >= 11 is 11.9. The van der Waals surface area contributed by atoms with Crippen LogP contribution >= 0.6 is 23.2 Å². The van der Waals surface area contributed by atoms with Gasteiger partial charge in [0.05, 0.1) is 16.3 Å². The van der Waals surface area contributed by atoms with E-state index in [1.807, 2.05) is 0 Å². The molecule has 2 heterocycles. The topological polar surface area (TPSA) is 66.5 Å². The quantitative estimate of drug-likeness (QED) is 0.860.